The molecule has 18 heavy (non-hydrogen) atoms. The quantitative estimate of drug-likeness (QED) is 0.808. The van der Waals surface area contributed by atoms with Crippen LogP contribution in [-0.4, -0.2) is 6.04 Å². The maximum Gasteiger partial charge on any atom is 0.0208 e. The highest BCUT2D eigenvalue weighted by atomic mass is 14.9. The predicted molar refractivity (Wildman–Crippen MR) is 78.7 cm³/mol. The first-order valence-corrected chi connectivity index (χ1v) is 7.57. The summed E-state index contributed by atoms with van der Waals surface area (Å²) in [5, 5.41) is 3.72. The molecule has 2 rings (SSSR count). The molecule has 1 N–H and O–H groups in total. The standard InChI is InChI=1S/C17H27N/c1-3-4-15-9-11-17(12-10-15)18-13-16-7-5-14(2)6-8-16/h5-8,15,17-18H,3-4,9-13H2,1-2H3. The molecule has 1 aromatic carbocycles. The molecular weight excluding hydrogens is 218 g/mol. The van der Waals surface area contributed by atoms with E-state index in [0.29, 0.717) is 0 Å². The molecule has 0 aromatic heterocycles. The lowest BCUT2D eigenvalue weighted by molar-refractivity contribution is 0.277. The Morgan fingerprint density at radius 2 is 1.72 bits per heavy atom. The largest absolute Gasteiger partial charge is 0.310 e. The number of hydrogen-bond acceptors (Lipinski definition) is 1. The van der Waals surface area contributed by atoms with E-state index in [0.717, 1.165) is 18.5 Å². The number of hydrogen-bond donors (Lipinski definition) is 1. The van der Waals surface area contributed by atoms with E-state index in [1.54, 1.807) is 0 Å². The van der Waals surface area contributed by atoms with Gasteiger partial charge < -0.3 is 5.32 Å². The van der Waals surface area contributed by atoms with Crippen LogP contribution in [-0.2, 0) is 6.54 Å². The van der Waals surface area contributed by atoms with Gasteiger partial charge in [0, 0.05) is 12.6 Å². The summed E-state index contributed by atoms with van der Waals surface area (Å²) < 4.78 is 0. The van der Waals surface area contributed by atoms with Crippen LogP contribution in [0.5, 0.6) is 0 Å². The third-order valence-corrected chi connectivity index (χ3v) is 4.26. The smallest absolute Gasteiger partial charge is 0.0208 e. The van der Waals surface area contributed by atoms with Crippen molar-refractivity contribution in [1.82, 2.24) is 5.32 Å². The Morgan fingerprint density at radius 3 is 2.33 bits per heavy atom. The van der Waals surface area contributed by atoms with Gasteiger partial charge >= 0.3 is 0 Å². The van der Waals surface area contributed by atoms with Crippen molar-refractivity contribution in [2.75, 3.05) is 0 Å². The minimum atomic E-state index is 0.749. The van der Waals surface area contributed by atoms with E-state index in [1.165, 1.54) is 49.7 Å². The zero-order valence-corrected chi connectivity index (χ0v) is 11.9. The fourth-order valence-electron chi connectivity index (χ4n) is 3.03. The van der Waals surface area contributed by atoms with Crippen molar-refractivity contribution >= 4 is 0 Å². The normalized spacial score (nSPS) is 24.1. The van der Waals surface area contributed by atoms with Crippen molar-refractivity contribution < 1.29 is 0 Å². The molecule has 0 bridgehead atoms. The van der Waals surface area contributed by atoms with Crippen LogP contribution < -0.4 is 5.32 Å². The lowest BCUT2D eigenvalue weighted by Crippen LogP contribution is -2.32. The van der Waals surface area contributed by atoms with E-state index in [4.69, 9.17) is 0 Å². The lowest BCUT2D eigenvalue weighted by atomic mass is 9.83. The zero-order chi connectivity index (χ0) is 12.8. The second kappa shape index (κ2) is 6.94. The number of rotatable bonds is 5. The summed E-state index contributed by atoms with van der Waals surface area (Å²) >= 11 is 0. The van der Waals surface area contributed by atoms with Crippen molar-refractivity contribution in [1.29, 1.82) is 0 Å². The molecule has 0 radical (unpaired) electrons. The maximum atomic E-state index is 3.72. The molecule has 1 aliphatic rings. The Kier molecular flexibility index (Phi) is 5.25. The second-order valence-corrected chi connectivity index (χ2v) is 5.87. The van der Waals surface area contributed by atoms with Gasteiger partial charge in [-0.15, -0.1) is 0 Å². The van der Waals surface area contributed by atoms with Gasteiger partial charge in [0.05, 0.1) is 0 Å². The van der Waals surface area contributed by atoms with Gasteiger partial charge in [-0.2, -0.15) is 0 Å². The van der Waals surface area contributed by atoms with E-state index in [2.05, 4.69) is 43.4 Å². The topological polar surface area (TPSA) is 12.0 Å². The van der Waals surface area contributed by atoms with Crippen LogP contribution in [0.4, 0.5) is 0 Å². The minimum Gasteiger partial charge on any atom is -0.310 e. The van der Waals surface area contributed by atoms with E-state index < -0.39 is 0 Å². The average Bonchev–Trinajstić information content (AvgIpc) is 2.40. The molecule has 0 unspecified atom stereocenters. The molecule has 0 aliphatic heterocycles. The van der Waals surface area contributed by atoms with Crippen LogP contribution in [0, 0.1) is 12.8 Å². The van der Waals surface area contributed by atoms with E-state index in [-0.39, 0.29) is 0 Å². The molecule has 1 heteroatoms. The van der Waals surface area contributed by atoms with E-state index >= 15 is 0 Å². The zero-order valence-electron chi connectivity index (χ0n) is 11.9. The molecule has 1 aliphatic carbocycles. The van der Waals surface area contributed by atoms with Crippen LogP contribution in [0.3, 0.4) is 0 Å². The summed E-state index contributed by atoms with van der Waals surface area (Å²) in [6.07, 6.45) is 8.39. The summed E-state index contributed by atoms with van der Waals surface area (Å²) in [7, 11) is 0. The van der Waals surface area contributed by atoms with Crippen LogP contribution in [0.1, 0.15) is 56.6 Å². The number of aryl methyl sites for hydroxylation is 1. The van der Waals surface area contributed by atoms with Gasteiger partial charge in [-0.1, -0.05) is 49.6 Å². The summed E-state index contributed by atoms with van der Waals surface area (Å²) in [4.78, 5) is 0. The fraction of sp³-hybridized carbons (Fsp3) is 0.647. The van der Waals surface area contributed by atoms with E-state index in [9.17, 15) is 0 Å². The van der Waals surface area contributed by atoms with Crippen LogP contribution >= 0.6 is 0 Å². The van der Waals surface area contributed by atoms with Gasteiger partial charge in [0.25, 0.3) is 0 Å². The van der Waals surface area contributed by atoms with Crippen molar-refractivity contribution in [2.45, 2.75) is 65.0 Å². The number of benzene rings is 1. The fourth-order valence-corrected chi connectivity index (χ4v) is 3.03. The van der Waals surface area contributed by atoms with Gasteiger partial charge in [0.15, 0.2) is 0 Å². The Balaban J connectivity index is 1.70. The van der Waals surface area contributed by atoms with Gasteiger partial charge in [-0.3, -0.25) is 0 Å². The maximum absolute atomic E-state index is 3.72. The van der Waals surface area contributed by atoms with Crippen molar-refractivity contribution in [3.8, 4) is 0 Å². The first kappa shape index (κ1) is 13.6. The molecule has 0 spiro atoms. The highest BCUT2D eigenvalue weighted by Gasteiger charge is 2.19. The Hall–Kier alpha value is -0.820. The van der Waals surface area contributed by atoms with Gasteiger partial charge in [0.2, 0.25) is 0 Å². The summed E-state index contributed by atoms with van der Waals surface area (Å²) in [6.45, 7) is 5.48. The molecule has 1 aromatic rings. The molecule has 0 saturated heterocycles. The van der Waals surface area contributed by atoms with Gasteiger partial charge in [-0.05, 0) is 44.1 Å². The second-order valence-electron chi connectivity index (χ2n) is 5.87. The van der Waals surface area contributed by atoms with E-state index in [1.807, 2.05) is 0 Å². The number of nitrogens with one attached hydrogen (secondary N) is 1. The monoisotopic (exact) mass is 245 g/mol. The summed E-state index contributed by atoms with van der Waals surface area (Å²) in [5.74, 6) is 1.01. The summed E-state index contributed by atoms with van der Waals surface area (Å²) in [5.41, 5.74) is 2.76. The minimum absolute atomic E-state index is 0.749. The van der Waals surface area contributed by atoms with Gasteiger partial charge in [0.1, 0.15) is 0 Å². The molecule has 1 fully saturated rings. The average molecular weight is 245 g/mol. The van der Waals surface area contributed by atoms with Crippen molar-refractivity contribution in [3.05, 3.63) is 35.4 Å². The molecular formula is C17H27N. The first-order valence-electron chi connectivity index (χ1n) is 7.57. The Labute approximate surface area is 112 Å². The first-order chi connectivity index (χ1) is 8.78. The van der Waals surface area contributed by atoms with Crippen LogP contribution in [0.2, 0.25) is 0 Å². The van der Waals surface area contributed by atoms with Crippen LogP contribution in [0.25, 0.3) is 0 Å². The molecule has 1 saturated carbocycles. The third kappa shape index (κ3) is 4.13. The Bertz CT molecular complexity index is 333. The highest BCUT2D eigenvalue weighted by molar-refractivity contribution is 5.21. The van der Waals surface area contributed by atoms with Crippen molar-refractivity contribution in [2.24, 2.45) is 5.92 Å². The molecule has 100 valence electrons. The predicted octanol–water partition coefficient (Wildman–Crippen LogP) is 4.44. The Morgan fingerprint density at radius 1 is 1.06 bits per heavy atom. The SMILES string of the molecule is CCCC1CCC(NCc2ccc(C)cc2)CC1. The molecule has 0 atom stereocenters. The van der Waals surface area contributed by atoms with Gasteiger partial charge in [-0.25, -0.2) is 0 Å². The van der Waals surface area contributed by atoms with Crippen molar-refractivity contribution in [3.63, 3.8) is 0 Å². The summed E-state index contributed by atoms with van der Waals surface area (Å²) in [6, 6.07) is 9.64. The lowest BCUT2D eigenvalue weighted by Gasteiger charge is -2.29. The third-order valence-electron chi connectivity index (χ3n) is 4.26. The van der Waals surface area contributed by atoms with Crippen LogP contribution in [0.15, 0.2) is 24.3 Å². The molecule has 1 nitrogen and oxygen atoms in total. The molecule has 0 amide bonds. The molecule has 0 heterocycles. The highest BCUT2D eigenvalue weighted by Crippen LogP contribution is 2.27.